The highest BCUT2D eigenvalue weighted by molar-refractivity contribution is 9.42. The lowest BCUT2D eigenvalue weighted by Gasteiger charge is -2.07. The van der Waals surface area contributed by atoms with Crippen molar-refractivity contribution in [3.63, 3.8) is 0 Å². The second kappa shape index (κ2) is 9.71. The molecule has 0 saturated carbocycles. The number of unbranched alkanes of at least 4 members (excludes halogenated alkanes) is 1. The molecule has 0 aliphatic carbocycles. The van der Waals surface area contributed by atoms with Crippen LogP contribution < -0.4 is 0 Å². The Bertz CT molecular complexity index is 182. The largest absolute Gasteiger partial charge is 0.301 e. The van der Waals surface area contributed by atoms with Crippen molar-refractivity contribution in [2.24, 2.45) is 0 Å². The Morgan fingerprint density at radius 2 is 2.08 bits per heavy atom. The molecule has 0 aromatic heterocycles. The van der Waals surface area contributed by atoms with E-state index in [9.17, 15) is 0 Å². The Labute approximate surface area is 109 Å². The van der Waals surface area contributed by atoms with Gasteiger partial charge in [-0.15, -0.1) is 0 Å². The van der Waals surface area contributed by atoms with E-state index < -0.39 is 6.46 Å². The first-order valence-corrected chi connectivity index (χ1v) is 13.1. The molecule has 9 heteroatoms. The second-order valence-electron chi connectivity index (χ2n) is 1.86. The van der Waals surface area contributed by atoms with Crippen molar-refractivity contribution >= 4 is 79.8 Å². The highest BCUT2D eigenvalue weighted by Crippen LogP contribution is 2.47. The van der Waals surface area contributed by atoms with E-state index in [1.54, 1.807) is 19.7 Å². The molecule has 0 saturated heterocycles. The maximum Gasteiger partial charge on any atom is 0.0820 e. The first-order valence-electron chi connectivity index (χ1n) is 3.35. The summed E-state index contributed by atoms with van der Waals surface area (Å²) in [4.78, 5) is 0. The molecule has 0 aliphatic rings. The fraction of sp³-hybridized carbons (Fsp3) is 1.00. The van der Waals surface area contributed by atoms with E-state index >= 15 is 0 Å². The summed E-state index contributed by atoms with van der Waals surface area (Å²) in [5, 5.41) is 0. The molecule has 0 aliphatic heterocycles. The topological polar surface area (TPSA) is 9.23 Å². The highest BCUT2D eigenvalue weighted by atomic mass is 33.9. The normalized spacial score (nSPS) is 11.8. The molecule has 0 aromatic carbocycles. The van der Waals surface area contributed by atoms with Gasteiger partial charge in [0.25, 0.3) is 0 Å². The minimum atomic E-state index is -1.75. The van der Waals surface area contributed by atoms with Crippen LogP contribution in [-0.4, -0.2) is 6.61 Å². The summed E-state index contributed by atoms with van der Waals surface area (Å²) >= 11 is 14.3. The Morgan fingerprint density at radius 1 is 1.38 bits per heavy atom. The van der Waals surface area contributed by atoms with Crippen LogP contribution in [0.1, 0.15) is 19.8 Å². The fourth-order valence-electron chi connectivity index (χ4n) is 0.383. The van der Waals surface area contributed by atoms with Gasteiger partial charge in [-0.2, -0.15) is 0 Å². The molecular weight excluding hydrogens is 321 g/mol. The Morgan fingerprint density at radius 3 is 2.62 bits per heavy atom. The Balaban J connectivity index is 3.55. The van der Waals surface area contributed by atoms with E-state index in [-0.39, 0.29) is 0 Å². The molecule has 0 radical (unpaired) electrons. The fourth-order valence-corrected chi connectivity index (χ4v) is 14.0. The van der Waals surface area contributed by atoms with Gasteiger partial charge in [0.15, 0.2) is 0 Å². The zero-order chi connectivity index (χ0) is 10.2. The van der Waals surface area contributed by atoms with Crippen molar-refractivity contribution in [2.45, 2.75) is 19.8 Å². The van der Waals surface area contributed by atoms with E-state index in [0.29, 0.717) is 6.61 Å². The number of thiol groups is 1. The number of rotatable bonds is 8. The molecule has 0 atom stereocenters. The van der Waals surface area contributed by atoms with E-state index in [1.165, 1.54) is 19.7 Å². The van der Waals surface area contributed by atoms with Crippen LogP contribution in [0.5, 0.6) is 0 Å². The van der Waals surface area contributed by atoms with Crippen molar-refractivity contribution in [3.8, 4) is 0 Å². The van der Waals surface area contributed by atoms with Crippen LogP contribution in [-0.2, 0) is 33.0 Å². The van der Waals surface area contributed by atoms with Crippen LogP contribution in [0.3, 0.4) is 0 Å². The lowest BCUT2D eigenvalue weighted by Crippen LogP contribution is -1.97. The summed E-state index contributed by atoms with van der Waals surface area (Å²) in [5.74, 6) is 0. The van der Waals surface area contributed by atoms with Gasteiger partial charge >= 0.3 is 0 Å². The SMILES string of the molecule is CCCCOS(=S)(=S)SSSSS. The summed E-state index contributed by atoms with van der Waals surface area (Å²) in [6, 6.07) is 0. The van der Waals surface area contributed by atoms with E-state index in [0.717, 1.165) is 12.8 Å². The lowest BCUT2D eigenvalue weighted by molar-refractivity contribution is 0.363. The molecule has 0 heterocycles. The minimum absolute atomic E-state index is 0.686. The molecule has 13 heavy (non-hydrogen) atoms. The molecule has 0 fully saturated rings. The van der Waals surface area contributed by atoms with Crippen LogP contribution >= 0.6 is 51.0 Å². The molecule has 0 spiro atoms. The minimum Gasteiger partial charge on any atom is -0.301 e. The molecule has 1 nitrogen and oxygen atoms in total. The van der Waals surface area contributed by atoms with E-state index in [1.807, 2.05) is 0 Å². The van der Waals surface area contributed by atoms with Crippen LogP contribution in [0, 0.1) is 0 Å². The van der Waals surface area contributed by atoms with Crippen LogP contribution in [0.2, 0.25) is 0 Å². The molecule has 0 bridgehead atoms. The van der Waals surface area contributed by atoms with Gasteiger partial charge < -0.3 is 4.18 Å². The third-order valence-electron chi connectivity index (χ3n) is 0.895. The van der Waals surface area contributed by atoms with E-state index in [4.69, 9.17) is 26.6 Å². The van der Waals surface area contributed by atoms with Crippen molar-refractivity contribution in [1.82, 2.24) is 0 Å². The van der Waals surface area contributed by atoms with Crippen LogP contribution in [0.4, 0.5) is 0 Å². The van der Waals surface area contributed by atoms with Crippen molar-refractivity contribution in [3.05, 3.63) is 0 Å². The van der Waals surface area contributed by atoms with Gasteiger partial charge in [0, 0.05) is 19.7 Å². The Hall–Kier alpha value is 2.50. The molecule has 0 N–H and O–H groups in total. The molecular formula is C4H10OS8. The molecule has 0 unspecified atom stereocenters. The zero-order valence-corrected chi connectivity index (χ0v) is 13.4. The first kappa shape index (κ1) is 15.5. The summed E-state index contributed by atoms with van der Waals surface area (Å²) < 4.78 is 5.42. The average molecular weight is 331 g/mol. The van der Waals surface area contributed by atoms with Gasteiger partial charge in [-0.05, 0) is 48.4 Å². The van der Waals surface area contributed by atoms with Gasteiger partial charge in [0.2, 0.25) is 0 Å². The van der Waals surface area contributed by atoms with E-state index in [2.05, 4.69) is 18.6 Å². The summed E-state index contributed by atoms with van der Waals surface area (Å²) in [6.45, 7) is 1.05. The predicted molar refractivity (Wildman–Crippen MR) is 82.3 cm³/mol. The first-order chi connectivity index (χ1) is 6.12. The van der Waals surface area contributed by atoms with Crippen molar-refractivity contribution in [2.75, 3.05) is 6.61 Å². The number of hydrogen-bond donors (Lipinski definition) is 1. The second-order valence-corrected chi connectivity index (χ2v) is 16.3. The van der Waals surface area contributed by atoms with Gasteiger partial charge in [0.05, 0.1) is 13.1 Å². The molecule has 0 aromatic rings. The molecule has 0 rings (SSSR count). The third kappa shape index (κ3) is 10.8. The van der Waals surface area contributed by atoms with Crippen LogP contribution in [0.15, 0.2) is 0 Å². The number of hydrogen-bond acceptors (Lipinski definition) is 8. The smallest absolute Gasteiger partial charge is 0.0820 e. The van der Waals surface area contributed by atoms with Crippen molar-refractivity contribution < 1.29 is 4.18 Å². The zero-order valence-electron chi connectivity index (χ0n) is 6.83. The maximum atomic E-state index is 5.42. The highest BCUT2D eigenvalue weighted by Gasteiger charge is 2.03. The van der Waals surface area contributed by atoms with Crippen LogP contribution in [0.25, 0.3) is 0 Å². The molecule has 0 amide bonds. The maximum absolute atomic E-state index is 5.42. The monoisotopic (exact) mass is 330 g/mol. The van der Waals surface area contributed by atoms with Gasteiger partial charge in [-0.3, -0.25) is 0 Å². The summed E-state index contributed by atoms with van der Waals surface area (Å²) in [5.41, 5.74) is 0. The Kier molecular flexibility index (Phi) is 11.6. The van der Waals surface area contributed by atoms with Gasteiger partial charge in [-0.25, -0.2) is 0 Å². The quantitative estimate of drug-likeness (QED) is 0.400. The standard InChI is InChI=1S/C4H10OS8/c1-2-3-4-5-13(7,8)12-11-10-9-6/h6H,2-4H2,1H3. The predicted octanol–water partition coefficient (Wildman–Crippen LogP) is 4.23. The van der Waals surface area contributed by atoms with Gasteiger partial charge in [-0.1, -0.05) is 25.0 Å². The average Bonchev–Trinajstić information content (AvgIpc) is 2.05. The molecule has 80 valence electrons. The third-order valence-corrected chi connectivity index (χ3v) is 14.3. The lowest BCUT2D eigenvalue weighted by atomic mass is 10.4. The van der Waals surface area contributed by atoms with Gasteiger partial charge in [0.1, 0.15) is 0 Å². The summed E-state index contributed by atoms with van der Waals surface area (Å²) in [6.07, 6.45) is 2.14. The van der Waals surface area contributed by atoms with Crippen molar-refractivity contribution in [1.29, 1.82) is 0 Å². The summed E-state index contributed by atoms with van der Waals surface area (Å²) in [7, 11) is 5.93.